The molecule has 0 fully saturated rings. The monoisotopic (exact) mass is 339 g/mol. The molecule has 0 aliphatic heterocycles. The molecule has 0 heterocycles. The molecule has 0 amide bonds. The van der Waals surface area contributed by atoms with Gasteiger partial charge in [-0.3, -0.25) is 4.79 Å². The van der Waals surface area contributed by atoms with Crippen molar-refractivity contribution in [3.05, 3.63) is 47.0 Å². The second-order valence-electron chi connectivity index (χ2n) is 5.18. The van der Waals surface area contributed by atoms with Crippen LogP contribution >= 0.6 is 8.58 Å². The number of hydrogen-bond acceptors (Lipinski definition) is 4. The van der Waals surface area contributed by atoms with Crippen molar-refractivity contribution in [2.45, 2.75) is 13.8 Å². The second kappa shape index (κ2) is 9.13. The molecular weight excluding hydrogens is 318 g/mol. The third-order valence-corrected chi connectivity index (χ3v) is 4.88. The summed E-state index contributed by atoms with van der Waals surface area (Å²) in [5, 5.41) is 1.03. The fourth-order valence-electron chi connectivity index (χ4n) is 2.37. The van der Waals surface area contributed by atoms with Crippen molar-refractivity contribution in [3.63, 3.8) is 0 Å². The standard InChI is InChI=1S/C18H21O4P.Li/c1-11-6-7-16(12(2)8-11)23-18(19)17-14(21-4)9-13(20-3)10-15(17)22-5;/h6-10,23H,1-5H3;. The summed E-state index contributed by atoms with van der Waals surface area (Å²) in [6.07, 6.45) is 0. The molecule has 2 aromatic carbocycles. The maximum Gasteiger partial charge on any atom is 0.193 e. The van der Waals surface area contributed by atoms with Gasteiger partial charge in [-0.1, -0.05) is 23.8 Å². The smallest absolute Gasteiger partial charge is 0.193 e. The van der Waals surface area contributed by atoms with E-state index in [0.29, 0.717) is 22.8 Å². The Kier molecular flexibility index (Phi) is 7.83. The van der Waals surface area contributed by atoms with E-state index in [1.54, 1.807) is 19.2 Å². The fraction of sp³-hybridized carbons (Fsp3) is 0.278. The number of benzene rings is 2. The Balaban J connectivity index is 0.00000288. The Morgan fingerprint density at radius 1 is 0.917 bits per heavy atom. The van der Waals surface area contributed by atoms with E-state index in [1.807, 2.05) is 26.0 Å². The maximum atomic E-state index is 12.8. The molecule has 123 valence electrons. The molecule has 0 bridgehead atoms. The van der Waals surface area contributed by atoms with Gasteiger partial charge in [-0.25, -0.2) is 0 Å². The van der Waals surface area contributed by atoms with Gasteiger partial charge in [-0.05, 0) is 33.3 Å². The third kappa shape index (κ3) is 4.54. The van der Waals surface area contributed by atoms with Crippen LogP contribution in [0.25, 0.3) is 0 Å². The van der Waals surface area contributed by atoms with Crippen LogP contribution in [0, 0.1) is 13.8 Å². The summed E-state index contributed by atoms with van der Waals surface area (Å²) in [7, 11) is 4.64. The van der Waals surface area contributed by atoms with Crippen molar-refractivity contribution in [2.24, 2.45) is 0 Å². The molecule has 0 spiro atoms. The van der Waals surface area contributed by atoms with Crippen LogP contribution in [-0.4, -0.2) is 45.7 Å². The summed E-state index contributed by atoms with van der Waals surface area (Å²) >= 11 is 0. The average molecular weight is 339 g/mol. The largest absolute Gasteiger partial charge is 0.496 e. The molecule has 0 saturated carbocycles. The van der Waals surface area contributed by atoms with Gasteiger partial charge in [-0.15, -0.1) is 0 Å². The van der Waals surface area contributed by atoms with Crippen LogP contribution in [0.5, 0.6) is 17.2 Å². The first-order chi connectivity index (χ1) is 11.0. The van der Waals surface area contributed by atoms with E-state index in [2.05, 4.69) is 6.07 Å². The van der Waals surface area contributed by atoms with Crippen molar-refractivity contribution in [2.75, 3.05) is 21.3 Å². The van der Waals surface area contributed by atoms with Gasteiger partial charge in [0.2, 0.25) is 0 Å². The Labute approximate surface area is 156 Å². The van der Waals surface area contributed by atoms with E-state index in [4.69, 9.17) is 14.2 Å². The van der Waals surface area contributed by atoms with E-state index in [-0.39, 0.29) is 33.0 Å². The molecule has 1 unspecified atom stereocenters. The first-order valence-corrected chi connectivity index (χ1v) is 8.18. The average Bonchev–Trinajstić information content (AvgIpc) is 2.55. The third-order valence-electron chi connectivity index (χ3n) is 3.57. The van der Waals surface area contributed by atoms with Crippen LogP contribution in [0.3, 0.4) is 0 Å². The molecule has 0 aliphatic rings. The number of carbonyl (C=O) groups is 1. The van der Waals surface area contributed by atoms with Gasteiger partial charge in [0, 0.05) is 31.0 Å². The van der Waals surface area contributed by atoms with Gasteiger partial charge in [0.25, 0.3) is 0 Å². The first kappa shape index (κ1) is 20.6. The van der Waals surface area contributed by atoms with Crippen LogP contribution in [0.1, 0.15) is 21.5 Å². The van der Waals surface area contributed by atoms with E-state index >= 15 is 0 Å². The normalized spacial score (nSPS) is 10.4. The van der Waals surface area contributed by atoms with Gasteiger partial charge in [0.05, 0.1) is 21.3 Å². The molecule has 0 aromatic heterocycles. The molecular formula is C18H21LiO4P. The molecule has 2 rings (SSSR count). The van der Waals surface area contributed by atoms with Crippen molar-refractivity contribution < 1.29 is 19.0 Å². The summed E-state index contributed by atoms with van der Waals surface area (Å²) in [6, 6.07) is 9.50. The Morgan fingerprint density at radius 3 is 1.96 bits per heavy atom. The summed E-state index contributed by atoms with van der Waals surface area (Å²) < 4.78 is 15.9. The predicted molar refractivity (Wildman–Crippen MR) is 100 cm³/mol. The Morgan fingerprint density at radius 2 is 1.50 bits per heavy atom. The molecule has 4 nitrogen and oxygen atoms in total. The molecule has 24 heavy (non-hydrogen) atoms. The molecule has 0 saturated heterocycles. The van der Waals surface area contributed by atoms with Gasteiger partial charge >= 0.3 is 0 Å². The Hall–Kier alpha value is -1.46. The topological polar surface area (TPSA) is 44.8 Å². The second-order valence-corrected chi connectivity index (χ2v) is 6.42. The first-order valence-electron chi connectivity index (χ1n) is 7.18. The van der Waals surface area contributed by atoms with Crippen molar-refractivity contribution in [1.82, 2.24) is 0 Å². The fourth-order valence-corrected chi connectivity index (χ4v) is 3.42. The van der Waals surface area contributed by atoms with Gasteiger partial charge in [0.15, 0.2) is 5.52 Å². The molecule has 2 aromatic rings. The van der Waals surface area contributed by atoms with Crippen molar-refractivity contribution in [3.8, 4) is 17.2 Å². The predicted octanol–water partition coefficient (Wildman–Crippen LogP) is 3.09. The van der Waals surface area contributed by atoms with E-state index < -0.39 is 0 Å². The SMILES string of the molecule is COc1cc(OC)c(C(=O)Pc2ccc(C)cc2C)c(OC)c1.[Li]. The van der Waals surface area contributed by atoms with Crippen LogP contribution in [0.4, 0.5) is 0 Å². The number of hydrogen-bond donors (Lipinski definition) is 0. The summed E-state index contributed by atoms with van der Waals surface area (Å²) in [6.45, 7) is 4.06. The van der Waals surface area contributed by atoms with E-state index in [1.165, 1.54) is 19.8 Å². The maximum absolute atomic E-state index is 12.8. The van der Waals surface area contributed by atoms with Gasteiger partial charge in [-0.2, -0.15) is 0 Å². The van der Waals surface area contributed by atoms with Crippen LogP contribution < -0.4 is 19.5 Å². The number of carbonyl (C=O) groups excluding carboxylic acids is 1. The molecule has 1 radical (unpaired) electrons. The zero-order valence-corrected chi connectivity index (χ0v) is 16.0. The van der Waals surface area contributed by atoms with Gasteiger partial charge in [0.1, 0.15) is 22.8 Å². The molecule has 6 heteroatoms. The number of rotatable bonds is 6. The summed E-state index contributed by atoms with van der Waals surface area (Å²) in [5.41, 5.74) is 2.73. The Bertz CT molecular complexity index is 706. The summed E-state index contributed by atoms with van der Waals surface area (Å²) in [4.78, 5) is 12.8. The minimum absolute atomic E-state index is 0. The van der Waals surface area contributed by atoms with E-state index in [0.717, 1.165) is 10.9 Å². The van der Waals surface area contributed by atoms with Crippen molar-refractivity contribution >= 4 is 38.3 Å². The van der Waals surface area contributed by atoms with Crippen LogP contribution in [0.15, 0.2) is 30.3 Å². The number of ether oxygens (including phenoxy) is 3. The zero-order chi connectivity index (χ0) is 17.0. The van der Waals surface area contributed by atoms with E-state index in [9.17, 15) is 4.79 Å². The molecule has 0 aliphatic carbocycles. The molecule has 1 atom stereocenters. The van der Waals surface area contributed by atoms with Gasteiger partial charge < -0.3 is 14.2 Å². The minimum atomic E-state index is -0.0201. The molecule has 0 N–H and O–H groups in total. The number of aryl methyl sites for hydroxylation is 2. The van der Waals surface area contributed by atoms with Crippen LogP contribution in [0.2, 0.25) is 0 Å². The quantitative estimate of drug-likeness (QED) is 0.599. The minimum Gasteiger partial charge on any atom is -0.496 e. The number of methoxy groups -OCH3 is 3. The van der Waals surface area contributed by atoms with Crippen molar-refractivity contribution in [1.29, 1.82) is 0 Å². The zero-order valence-electron chi connectivity index (χ0n) is 15.0. The van der Waals surface area contributed by atoms with Crippen LogP contribution in [-0.2, 0) is 0 Å². The summed E-state index contributed by atoms with van der Waals surface area (Å²) in [5.74, 6) is 1.51.